The van der Waals surface area contributed by atoms with E-state index >= 15 is 0 Å². The zero-order chi connectivity index (χ0) is 13.1. The first kappa shape index (κ1) is 13.3. The standard InChI is InChI=1S/C12H16FNO3/c1-12(2,3)17-11(15)14-10-7-8(16-4)5-6-9(10)13/h5-7H,1-4H3,(H,14,15). The number of carbonyl (C=O) groups is 1. The van der Waals surface area contributed by atoms with Crippen LogP contribution in [0.2, 0.25) is 0 Å². The highest BCUT2D eigenvalue weighted by atomic mass is 19.1. The maximum absolute atomic E-state index is 13.4. The third-order valence-corrected chi connectivity index (χ3v) is 1.81. The summed E-state index contributed by atoms with van der Waals surface area (Å²) in [5, 5.41) is 2.33. The summed E-state index contributed by atoms with van der Waals surface area (Å²) in [5.74, 6) is -0.0888. The molecular formula is C12H16FNO3. The van der Waals surface area contributed by atoms with E-state index in [9.17, 15) is 9.18 Å². The van der Waals surface area contributed by atoms with Gasteiger partial charge in [-0.1, -0.05) is 0 Å². The molecule has 0 fully saturated rings. The van der Waals surface area contributed by atoms with Gasteiger partial charge in [-0.25, -0.2) is 9.18 Å². The SMILES string of the molecule is COc1ccc(F)c(NC(=O)OC(C)(C)C)c1. The molecule has 0 aliphatic carbocycles. The third-order valence-electron chi connectivity index (χ3n) is 1.81. The second-order valence-electron chi connectivity index (χ2n) is 4.47. The molecule has 5 heteroatoms. The van der Waals surface area contributed by atoms with E-state index < -0.39 is 17.5 Å². The van der Waals surface area contributed by atoms with E-state index in [4.69, 9.17) is 9.47 Å². The highest BCUT2D eigenvalue weighted by molar-refractivity contribution is 5.85. The predicted molar refractivity (Wildman–Crippen MR) is 62.8 cm³/mol. The second kappa shape index (κ2) is 5.03. The number of benzene rings is 1. The molecule has 0 heterocycles. The van der Waals surface area contributed by atoms with Crippen molar-refractivity contribution in [2.45, 2.75) is 26.4 Å². The van der Waals surface area contributed by atoms with Gasteiger partial charge in [-0.05, 0) is 32.9 Å². The lowest BCUT2D eigenvalue weighted by atomic mass is 10.2. The zero-order valence-corrected chi connectivity index (χ0v) is 10.3. The number of rotatable bonds is 2. The van der Waals surface area contributed by atoms with Crippen molar-refractivity contribution in [1.29, 1.82) is 0 Å². The molecule has 0 saturated carbocycles. The summed E-state index contributed by atoms with van der Waals surface area (Å²) in [5.41, 5.74) is -0.599. The van der Waals surface area contributed by atoms with Gasteiger partial charge in [0.2, 0.25) is 0 Å². The normalized spacial score (nSPS) is 10.9. The fraction of sp³-hybridized carbons (Fsp3) is 0.417. The van der Waals surface area contributed by atoms with Crippen molar-refractivity contribution in [2.24, 2.45) is 0 Å². The number of halogens is 1. The maximum atomic E-state index is 13.4. The third kappa shape index (κ3) is 4.30. The molecule has 0 aromatic heterocycles. The molecule has 17 heavy (non-hydrogen) atoms. The average molecular weight is 241 g/mol. The van der Waals surface area contributed by atoms with E-state index in [1.165, 1.54) is 25.3 Å². The van der Waals surface area contributed by atoms with Crippen LogP contribution in [0.1, 0.15) is 20.8 Å². The lowest BCUT2D eigenvalue weighted by Gasteiger charge is -2.19. The lowest BCUT2D eigenvalue weighted by Crippen LogP contribution is -2.27. The van der Waals surface area contributed by atoms with Crippen LogP contribution in [0.3, 0.4) is 0 Å². The minimum Gasteiger partial charge on any atom is -0.497 e. The van der Waals surface area contributed by atoms with Crippen molar-refractivity contribution >= 4 is 11.8 Å². The number of methoxy groups -OCH3 is 1. The maximum Gasteiger partial charge on any atom is 0.412 e. The largest absolute Gasteiger partial charge is 0.497 e. The lowest BCUT2D eigenvalue weighted by molar-refractivity contribution is 0.0635. The summed E-state index contributed by atoms with van der Waals surface area (Å²) in [6.07, 6.45) is -0.704. The molecule has 1 N–H and O–H groups in total. The smallest absolute Gasteiger partial charge is 0.412 e. The topological polar surface area (TPSA) is 47.6 Å². The van der Waals surface area contributed by atoms with Gasteiger partial charge >= 0.3 is 6.09 Å². The quantitative estimate of drug-likeness (QED) is 0.865. The van der Waals surface area contributed by atoms with Crippen LogP contribution in [0.4, 0.5) is 14.9 Å². The molecule has 0 atom stereocenters. The summed E-state index contributed by atoms with van der Waals surface area (Å²) in [4.78, 5) is 11.4. The van der Waals surface area contributed by atoms with E-state index in [-0.39, 0.29) is 5.69 Å². The summed E-state index contributed by atoms with van der Waals surface area (Å²) >= 11 is 0. The van der Waals surface area contributed by atoms with Crippen LogP contribution in [-0.4, -0.2) is 18.8 Å². The van der Waals surface area contributed by atoms with Crippen LogP contribution >= 0.6 is 0 Å². The Morgan fingerprint density at radius 3 is 2.53 bits per heavy atom. The Bertz CT molecular complexity index is 413. The summed E-state index contributed by atoms with van der Waals surface area (Å²) in [6.45, 7) is 5.19. The van der Waals surface area contributed by atoms with Crippen LogP contribution < -0.4 is 10.1 Å². The molecule has 0 aliphatic rings. The van der Waals surface area contributed by atoms with Crippen molar-refractivity contribution in [3.05, 3.63) is 24.0 Å². The number of hydrogen-bond donors (Lipinski definition) is 1. The first-order valence-corrected chi connectivity index (χ1v) is 5.15. The molecule has 0 radical (unpaired) electrons. The molecule has 1 aromatic carbocycles. The van der Waals surface area contributed by atoms with Gasteiger partial charge in [-0.15, -0.1) is 0 Å². The fourth-order valence-corrected chi connectivity index (χ4v) is 1.14. The number of anilines is 1. The Hall–Kier alpha value is -1.78. The van der Waals surface area contributed by atoms with Crippen LogP contribution in [-0.2, 0) is 4.74 Å². The number of nitrogens with one attached hydrogen (secondary N) is 1. The highest BCUT2D eigenvalue weighted by Crippen LogP contribution is 2.21. The van der Waals surface area contributed by atoms with Crippen molar-refractivity contribution in [3.63, 3.8) is 0 Å². The van der Waals surface area contributed by atoms with Crippen LogP contribution in [0.15, 0.2) is 18.2 Å². The van der Waals surface area contributed by atoms with Gasteiger partial charge in [-0.3, -0.25) is 5.32 Å². The van der Waals surface area contributed by atoms with Crippen molar-refractivity contribution in [2.75, 3.05) is 12.4 Å². The molecule has 4 nitrogen and oxygen atoms in total. The van der Waals surface area contributed by atoms with E-state index in [2.05, 4.69) is 5.32 Å². The van der Waals surface area contributed by atoms with Gasteiger partial charge < -0.3 is 9.47 Å². The van der Waals surface area contributed by atoms with E-state index in [0.717, 1.165) is 0 Å². The Morgan fingerprint density at radius 2 is 2.00 bits per heavy atom. The summed E-state index contributed by atoms with van der Waals surface area (Å²) in [7, 11) is 1.46. The fourth-order valence-electron chi connectivity index (χ4n) is 1.14. The number of amides is 1. The van der Waals surface area contributed by atoms with Gasteiger partial charge in [0, 0.05) is 6.07 Å². The van der Waals surface area contributed by atoms with Gasteiger partial charge in [0.25, 0.3) is 0 Å². The van der Waals surface area contributed by atoms with E-state index in [1.54, 1.807) is 20.8 Å². The van der Waals surface area contributed by atoms with Crippen LogP contribution in [0.5, 0.6) is 5.75 Å². The van der Waals surface area contributed by atoms with Crippen molar-refractivity contribution in [1.82, 2.24) is 0 Å². The number of hydrogen-bond acceptors (Lipinski definition) is 3. The second-order valence-corrected chi connectivity index (χ2v) is 4.47. The first-order chi connectivity index (χ1) is 7.81. The van der Waals surface area contributed by atoms with E-state index in [0.29, 0.717) is 5.75 Å². The number of carbonyl (C=O) groups excluding carboxylic acids is 1. The van der Waals surface area contributed by atoms with Gasteiger partial charge in [0.05, 0.1) is 12.8 Å². The van der Waals surface area contributed by atoms with Crippen molar-refractivity contribution in [3.8, 4) is 5.75 Å². The highest BCUT2D eigenvalue weighted by Gasteiger charge is 2.17. The summed E-state index contributed by atoms with van der Waals surface area (Å²) in [6, 6.07) is 4.07. The van der Waals surface area contributed by atoms with Crippen LogP contribution in [0, 0.1) is 5.82 Å². The number of ether oxygens (including phenoxy) is 2. The Morgan fingerprint density at radius 1 is 1.35 bits per heavy atom. The van der Waals surface area contributed by atoms with Gasteiger partial charge in [-0.2, -0.15) is 0 Å². The summed E-state index contributed by atoms with van der Waals surface area (Å²) < 4.78 is 23.3. The molecule has 0 bridgehead atoms. The molecule has 0 aliphatic heterocycles. The van der Waals surface area contributed by atoms with E-state index in [1.807, 2.05) is 0 Å². The minimum atomic E-state index is -0.704. The predicted octanol–water partition coefficient (Wildman–Crippen LogP) is 3.18. The molecular weight excluding hydrogens is 225 g/mol. The minimum absolute atomic E-state index is 0.0265. The molecule has 0 saturated heterocycles. The molecule has 0 unspecified atom stereocenters. The molecule has 94 valence electrons. The zero-order valence-electron chi connectivity index (χ0n) is 10.3. The average Bonchev–Trinajstić information content (AvgIpc) is 2.18. The van der Waals surface area contributed by atoms with Crippen LogP contribution in [0.25, 0.3) is 0 Å². The molecule has 1 amide bonds. The van der Waals surface area contributed by atoms with Gasteiger partial charge in [0.1, 0.15) is 17.2 Å². The molecule has 1 aromatic rings. The Labute approximate surface area is 99.7 Å². The molecule has 0 spiro atoms. The first-order valence-electron chi connectivity index (χ1n) is 5.15. The van der Waals surface area contributed by atoms with Crippen molar-refractivity contribution < 1.29 is 18.7 Å². The Balaban J connectivity index is 2.77. The molecule has 1 rings (SSSR count). The Kier molecular flexibility index (Phi) is 3.93. The van der Waals surface area contributed by atoms with Gasteiger partial charge in [0.15, 0.2) is 0 Å². The monoisotopic (exact) mass is 241 g/mol.